The first kappa shape index (κ1) is 22.9. The molecule has 2 N–H and O–H groups in total. The zero-order chi connectivity index (χ0) is 22.1. The Morgan fingerprint density at radius 3 is 2.57 bits per heavy atom. The minimum Gasteiger partial charge on any atom is -0.497 e. The molecule has 1 aromatic carbocycles. The Hall–Kier alpha value is -3.40. The van der Waals surface area contributed by atoms with Crippen molar-refractivity contribution in [1.29, 1.82) is 0 Å². The van der Waals surface area contributed by atoms with Crippen molar-refractivity contribution in [2.45, 2.75) is 6.92 Å². The lowest BCUT2D eigenvalue weighted by Gasteiger charge is -2.17. The summed E-state index contributed by atoms with van der Waals surface area (Å²) in [6, 6.07) is 10.3. The van der Waals surface area contributed by atoms with E-state index in [1.165, 1.54) is 25.5 Å². The van der Waals surface area contributed by atoms with Gasteiger partial charge in [0.2, 0.25) is 5.91 Å². The van der Waals surface area contributed by atoms with Gasteiger partial charge in [-0.2, -0.15) is 0 Å². The second-order valence-electron chi connectivity index (χ2n) is 6.28. The molecule has 2 aromatic rings. The van der Waals surface area contributed by atoms with Crippen molar-refractivity contribution in [2.24, 2.45) is 0 Å². The molecule has 0 saturated heterocycles. The fourth-order valence-corrected chi connectivity index (χ4v) is 3.09. The predicted molar refractivity (Wildman–Crippen MR) is 112 cm³/mol. The topological polar surface area (TPSA) is 114 Å². The molecule has 0 aliphatic rings. The van der Waals surface area contributed by atoms with Crippen molar-refractivity contribution < 1.29 is 28.7 Å². The number of anilines is 1. The smallest absolute Gasteiger partial charge is 0.325 e. The molecule has 30 heavy (non-hydrogen) atoms. The molecule has 0 radical (unpaired) electrons. The minimum atomic E-state index is -0.751. The first-order valence-corrected chi connectivity index (χ1v) is 9.78. The van der Waals surface area contributed by atoms with Crippen LogP contribution >= 0.6 is 11.3 Å². The standard InChI is InChI=1S/C20H23N3O6S/c1-13-7-8-16(30-13)20(27)21-10-19(26)29-12-18(25)23(2)11-17(24)22-14-5-4-6-15(9-14)28-3/h4-9H,10-12H2,1-3H3,(H,21,27)(H,22,24). The summed E-state index contributed by atoms with van der Waals surface area (Å²) in [5.74, 6) is -1.51. The largest absolute Gasteiger partial charge is 0.497 e. The zero-order valence-corrected chi connectivity index (χ0v) is 17.7. The van der Waals surface area contributed by atoms with Gasteiger partial charge in [-0.25, -0.2) is 0 Å². The van der Waals surface area contributed by atoms with Gasteiger partial charge in [0.15, 0.2) is 6.61 Å². The van der Waals surface area contributed by atoms with E-state index >= 15 is 0 Å². The molecule has 2 rings (SSSR count). The summed E-state index contributed by atoms with van der Waals surface area (Å²) in [5, 5.41) is 5.08. The lowest BCUT2D eigenvalue weighted by molar-refractivity contribution is -0.150. The van der Waals surface area contributed by atoms with Crippen LogP contribution in [0.4, 0.5) is 5.69 Å². The summed E-state index contributed by atoms with van der Waals surface area (Å²) in [4.78, 5) is 50.4. The van der Waals surface area contributed by atoms with Crippen molar-refractivity contribution in [3.63, 3.8) is 0 Å². The van der Waals surface area contributed by atoms with E-state index in [9.17, 15) is 19.2 Å². The number of esters is 1. The summed E-state index contributed by atoms with van der Waals surface area (Å²) in [6.45, 7) is 0.760. The predicted octanol–water partition coefficient (Wildman–Crippen LogP) is 1.44. The van der Waals surface area contributed by atoms with E-state index in [-0.39, 0.29) is 19.0 Å². The van der Waals surface area contributed by atoms with Gasteiger partial charge in [-0.3, -0.25) is 19.2 Å². The average molecular weight is 433 g/mol. The first-order chi connectivity index (χ1) is 14.3. The average Bonchev–Trinajstić information content (AvgIpc) is 3.16. The first-order valence-electron chi connectivity index (χ1n) is 8.96. The van der Waals surface area contributed by atoms with Crippen molar-refractivity contribution in [3.8, 4) is 5.75 Å². The van der Waals surface area contributed by atoms with Gasteiger partial charge >= 0.3 is 5.97 Å². The number of nitrogens with one attached hydrogen (secondary N) is 2. The molecular formula is C20H23N3O6S. The van der Waals surface area contributed by atoms with Crippen LogP contribution in [0.5, 0.6) is 5.75 Å². The number of ether oxygens (including phenoxy) is 2. The Morgan fingerprint density at radius 1 is 1.13 bits per heavy atom. The summed E-state index contributed by atoms with van der Waals surface area (Å²) in [6.07, 6.45) is 0. The van der Waals surface area contributed by atoms with Gasteiger partial charge in [-0.15, -0.1) is 11.3 Å². The SMILES string of the molecule is COc1cccc(NC(=O)CN(C)C(=O)COC(=O)CNC(=O)c2ccc(C)s2)c1. The molecule has 3 amide bonds. The lowest BCUT2D eigenvalue weighted by atomic mass is 10.3. The van der Waals surface area contributed by atoms with Crippen molar-refractivity contribution in [3.05, 3.63) is 46.2 Å². The van der Waals surface area contributed by atoms with Crippen LogP contribution in [0, 0.1) is 6.92 Å². The number of aryl methyl sites for hydroxylation is 1. The minimum absolute atomic E-state index is 0.220. The number of nitrogens with zero attached hydrogens (tertiary/aromatic N) is 1. The molecule has 0 unspecified atom stereocenters. The molecule has 0 fully saturated rings. The monoisotopic (exact) mass is 433 g/mol. The van der Waals surface area contributed by atoms with Crippen LogP contribution in [0.15, 0.2) is 36.4 Å². The highest BCUT2D eigenvalue weighted by Crippen LogP contribution is 2.16. The Balaban J connectivity index is 1.70. The number of hydrogen-bond donors (Lipinski definition) is 2. The van der Waals surface area contributed by atoms with Crippen molar-refractivity contribution >= 4 is 40.7 Å². The van der Waals surface area contributed by atoms with Crippen LogP contribution in [-0.4, -0.2) is 62.4 Å². The van der Waals surface area contributed by atoms with Gasteiger partial charge in [0, 0.05) is 23.7 Å². The third-order valence-corrected chi connectivity index (χ3v) is 4.87. The number of amides is 3. The van der Waals surface area contributed by atoms with E-state index in [4.69, 9.17) is 9.47 Å². The second-order valence-corrected chi connectivity index (χ2v) is 7.57. The fraction of sp³-hybridized carbons (Fsp3) is 0.300. The highest BCUT2D eigenvalue weighted by molar-refractivity contribution is 7.13. The molecule has 160 valence electrons. The van der Waals surface area contributed by atoms with E-state index in [0.29, 0.717) is 16.3 Å². The quantitative estimate of drug-likeness (QED) is 0.579. The molecule has 10 heteroatoms. The molecular weight excluding hydrogens is 410 g/mol. The maximum atomic E-state index is 12.1. The third-order valence-electron chi connectivity index (χ3n) is 3.87. The molecule has 0 atom stereocenters. The van der Waals surface area contributed by atoms with Crippen molar-refractivity contribution in [2.75, 3.05) is 39.2 Å². The van der Waals surface area contributed by atoms with Crippen LogP contribution in [-0.2, 0) is 19.1 Å². The van der Waals surface area contributed by atoms with Crippen LogP contribution in [0.25, 0.3) is 0 Å². The number of rotatable bonds is 9. The van der Waals surface area contributed by atoms with Gasteiger partial charge in [0.05, 0.1) is 18.5 Å². The Morgan fingerprint density at radius 2 is 1.90 bits per heavy atom. The number of carbonyl (C=O) groups is 4. The molecule has 1 aromatic heterocycles. The number of hydrogen-bond acceptors (Lipinski definition) is 7. The van der Waals surface area contributed by atoms with Crippen LogP contribution in [0.3, 0.4) is 0 Å². The lowest BCUT2D eigenvalue weighted by Crippen LogP contribution is -2.38. The third kappa shape index (κ3) is 7.21. The highest BCUT2D eigenvalue weighted by Gasteiger charge is 2.16. The van der Waals surface area contributed by atoms with Crippen LogP contribution in [0.2, 0.25) is 0 Å². The van der Waals surface area contributed by atoms with Gasteiger partial charge in [0.25, 0.3) is 11.8 Å². The van der Waals surface area contributed by atoms with Crippen molar-refractivity contribution in [1.82, 2.24) is 10.2 Å². The van der Waals surface area contributed by atoms with E-state index in [2.05, 4.69) is 10.6 Å². The summed E-state index contributed by atoms with van der Waals surface area (Å²) in [7, 11) is 2.94. The number of methoxy groups -OCH3 is 1. The van der Waals surface area contributed by atoms with E-state index in [1.807, 2.05) is 6.92 Å². The van der Waals surface area contributed by atoms with Crippen LogP contribution < -0.4 is 15.4 Å². The van der Waals surface area contributed by atoms with Gasteiger partial charge in [0.1, 0.15) is 12.3 Å². The summed E-state index contributed by atoms with van der Waals surface area (Å²) in [5.41, 5.74) is 0.531. The normalized spacial score (nSPS) is 10.1. The number of thiophene rings is 1. The number of likely N-dealkylation sites (N-methyl/N-ethyl adjacent to an activating group) is 1. The second kappa shape index (κ2) is 11.0. The maximum absolute atomic E-state index is 12.1. The van der Waals surface area contributed by atoms with Gasteiger partial charge in [-0.05, 0) is 31.2 Å². The molecule has 0 aliphatic heterocycles. The molecule has 0 saturated carbocycles. The molecule has 0 aliphatic carbocycles. The molecule has 0 bridgehead atoms. The Kier molecular flexibility index (Phi) is 8.36. The van der Waals surface area contributed by atoms with E-state index < -0.39 is 24.4 Å². The molecule has 9 nitrogen and oxygen atoms in total. The Bertz CT molecular complexity index is 927. The van der Waals surface area contributed by atoms with E-state index in [0.717, 1.165) is 9.78 Å². The van der Waals surface area contributed by atoms with Crippen LogP contribution in [0.1, 0.15) is 14.5 Å². The summed E-state index contributed by atoms with van der Waals surface area (Å²) < 4.78 is 9.94. The number of benzene rings is 1. The van der Waals surface area contributed by atoms with Gasteiger partial charge < -0.3 is 25.0 Å². The highest BCUT2D eigenvalue weighted by atomic mass is 32.1. The zero-order valence-electron chi connectivity index (χ0n) is 16.9. The summed E-state index contributed by atoms with van der Waals surface area (Å²) >= 11 is 1.31. The Labute approximate surface area is 178 Å². The fourth-order valence-electron chi connectivity index (χ4n) is 2.30. The molecule has 0 spiro atoms. The number of carbonyl (C=O) groups excluding carboxylic acids is 4. The molecule has 1 heterocycles. The maximum Gasteiger partial charge on any atom is 0.325 e. The van der Waals surface area contributed by atoms with E-state index in [1.54, 1.807) is 36.4 Å². The van der Waals surface area contributed by atoms with Gasteiger partial charge in [-0.1, -0.05) is 6.07 Å².